The molecule has 0 aromatic heterocycles. The Labute approximate surface area is 83.5 Å². The Hall–Kier alpha value is -1.26. The maximum atomic E-state index is 9.23. The molecule has 0 saturated carbocycles. The van der Waals surface area contributed by atoms with Crippen molar-refractivity contribution in [3.05, 3.63) is 23.8 Å². The number of rotatable bonds is 4. The van der Waals surface area contributed by atoms with Crippen molar-refractivity contribution in [3.63, 3.8) is 0 Å². The van der Waals surface area contributed by atoms with Crippen molar-refractivity contribution in [2.45, 2.75) is 12.5 Å². The van der Waals surface area contributed by atoms with Gasteiger partial charge in [-0.3, -0.25) is 0 Å². The maximum Gasteiger partial charge on any atom is 0.127 e. The van der Waals surface area contributed by atoms with Gasteiger partial charge in [0.1, 0.15) is 11.5 Å². The van der Waals surface area contributed by atoms with Gasteiger partial charge in [0, 0.05) is 17.7 Å². The zero-order chi connectivity index (χ0) is 10.6. The third-order valence-corrected chi connectivity index (χ3v) is 2.09. The summed E-state index contributed by atoms with van der Waals surface area (Å²) in [6, 6.07) is 4.75. The van der Waals surface area contributed by atoms with Gasteiger partial charge in [-0.15, -0.1) is 0 Å². The molecule has 0 saturated heterocycles. The van der Waals surface area contributed by atoms with Gasteiger partial charge >= 0.3 is 0 Å². The predicted octanol–water partition coefficient (Wildman–Crippen LogP) is 0.749. The molecule has 0 spiro atoms. The number of hydrogen-bond donors (Lipinski definition) is 3. The van der Waals surface area contributed by atoms with Crippen LogP contribution in [-0.2, 0) is 0 Å². The molecule has 1 aromatic rings. The van der Waals surface area contributed by atoms with Gasteiger partial charge in [-0.25, -0.2) is 0 Å². The summed E-state index contributed by atoms with van der Waals surface area (Å²) < 4.78 is 5.11. The van der Waals surface area contributed by atoms with Gasteiger partial charge in [-0.1, -0.05) is 6.07 Å². The Kier molecular flexibility index (Phi) is 3.73. The third-order valence-electron chi connectivity index (χ3n) is 2.09. The maximum absolute atomic E-state index is 9.23. The molecular weight excluding hydrogens is 180 g/mol. The van der Waals surface area contributed by atoms with E-state index in [1.165, 1.54) is 0 Å². The second-order valence-electron chi connectivity index (χ2n) is 3.11. The lowest BCUT2D eigenvalue weighted by atomic mass is 10.0. The van der Waals surface area contributed by atoms with Crippen LogP contribution in [0.5, 0.6) is 11.5 Å². The summed E-state index contributed by atoms with van der Waals surface area (Å²) >= 11 is 0. The number of ether oxygens (including phenoxy) is 1. The van der Waals surface area contributed by atoms with Crippen LogP contribution in [0.3, 0.4) is 0 Å². The fourth-order valence-corrected chi connectivity index (χ4v) is 1.34. The standard InChI is InChI=1S/C10H16N2O2/c1-14-10-6-7(13)2-3-8(10)9(12)4-5-11/h2-3,6,9,13H,4-5,11-12H2,1H3/t9-/m1/s1. The summed E-state index contributed by atoms with van der Waals surface area (Å²) in [5.74, 6) is 0.775. The summed E-state index contributed by atoms with van der Waals surface area (Å²) in [4.78, 5) is 0. The Morgan fingerprint density at radius 1 is 1.50 bits per heavy atom. The molecule has 4 heteroatoms. The smallest absolute Gasteiger partial charge is 0.127 e. The van der Waals surface area contributed by atoms with E-state index in [1.807, 2.05) is 0 Å². The Balaban J connectivity index is 2.95. The topological polar surface area (TPSA) is 81.5 Å². The summed E-state index contributed by atoms with van der Waals surface area (Å²) in [7, 11) is 1.55. The van der Waals surface area contributed by atoms with Crippen molar-refractivity contribution in [1.82, 2.24) is 0 Å². The molecule has 0 heterocycles. The molecule has 5 N–H and O–H groups in total. The minimum Gasteiger partial charge on any atom is -0.508 e. The first kappa shape index (κ1) is 10.8. The first-order valence-electron chi connectivity index (χ1n) is 4.51. The number of hydrogen-bond acceptors (Lipinski definition) is 4. The van der Waals surface area contributed by atoms with Crippen LogP contribution in [0.25, 0.3) is 0 Å². The van der Waals surface area contributed by atoms with E-state index in [4.69, 9.17) is 16.2 Å². The number of phenols is 1. The van der Waals surface area contributed by atoms with Gasteiger partial charge in [0.25, 0.3) is 0 Å². The van der Waals surface area contributed by atoms with Crippen LogP contribution in [0.1, 0.15) is 18.0 Å². The Morgan fingerprint density at radius 2 is 2.21 bits per heavy atom. The van der Waals surface area contributed by atoms with Crippen LogP contribution in [-0.4, -0.2) is 18.8 Å². The number of phenolic OH excluding ortho intramolecular Hbond substituents is 1. The predicted molar refractivity (Wildman–Crippen MR) is 55.3 cm³/mol. The molecule has 1 rings (SSSR count). The minimum atomic E-state index is -0.143. The van der Waals surface area contributed by atoms with Gasteiger partial charge < -0.3 is 21.3 Å². The molecule has 78 valence electrons. The van der Waals surface area contributed by atoms with Crippen molar-refractivity contribution in [3.8, 4) is 11.5 Å². The van der Waals surface area contributed by atoms with Crippen LogP contribution in [0.4, 0.5) is 0 Å². The van der Waals surface area contributed by atoms with Crippen molar-refractivity contribution >= 4 is 0 Å². The van der Waals surface area contributed by atoms with Gasteiger partial charge in [0.2, 0.25) is 0 Å². The highest BCUT2D eigenvalue weighted by molar-refractivity contribution is 5.41. The van der Waals surface area contributed by atoms with E-state index in [9.17, 15) is 5.11 Å². The molecule has 1 atom stereocenters. The Bertz CT molecular complexity index is 302. The number of nitrogens with two attached hydrogens (primary N) is 2. The van der Waals surface area contributed by atoms with Crippen LogP contribution >= 0.6 is 0 Å². The zero-order valence-electron chi connectivity index (χ0n) is 8.23. The first-order valence-corrected chi connectivity index (χ1v) is 4.51. The summed E-state index contributed by atoms with van der Waals surface area (Å²) in [5, 5.41) is 9.23. The lowest BCUT2D eigenvalue weighted by molar-refractivity contribution is 0.398. The molecule has 0 bridgehead atoms. The highest BCUT2D eigenvalue weighted by Crippen LogP contribution is 2.28. The number of benzene rings is 1. The fraction of sp³-hybridized carbons (Fsp3) is 0.400. The molecule has 0 radical (unpaired) electrons. The van der Waals surface area contributed by atoms with E-state index < -0.39 is 0 Å². The van der Waals surface area contributed by atoms with Crippen LogP contribution in [0.2, 0.25) is 0 Å². The molecule has 1 aromatic carbocycles. The third kappa shape index (κ3) is 2.37. The van der Waals surface area contributed by atoms with Gasteiger partial charge in [-0.05, 0) is 19.0 Å². The van der Waals surface area contributed by atoms with Crippen molar-refractivity contribution in [2.24, 2.45) is 11.5 Å². The van der Waals surface area contributed by atoms with Crippen molar-refractivity contribution in [1.29, 1.82) is 0 Å². The Morgan fingerprint density at radius 3 is 2.79 bits per heavy atom. The van der Waals surface area contributed by atoms with Gasteiger partial charge in [0.05, 0.1) is 7.11 Å². The van der Waals surface area contributed by atoms with E-state index in [2.05, 4.69) is 0 Å². The fourth-order valence-electron chi connectivity index (χ4n) is 1.34. The lowest BCUT2D eigenvalue weighted by Gasteiger charge is -2.14. The highest BCUT2D eigenvalue weighted by atomic mass is 16.5. The minimum absolute atomic E-state index is 0.143. The van der Waals surface area contributed by atoms with Crippen LogP contribution in [0, 0.1) is 0 Å². The van der Waals surface area contributed by atoms with E-state index in [-0.39, 0.29) is 11.8 Å². The zero-order valence-corrected chi connectivity index (χ0v) is 8.23. The summed E-state index contributed by atoms with van der Waals surface area (Å²) in [6.07, 6.45) is 0.696. The molecule has 4 nitrogen and oxygen atoms in total. The second kappa shape index (κ2) is 4.83. The molecule has 0 aliphatic rings. The van der Waals surface area contributed by atoms with Crippen LogP contribution < -0.4 is 16.2 Å². The molecule has 0 unspecified atom stereocenters. The SMILES string of the molecule is COc1cc(O)ccc1[C@H](N)CCN. The van der Waals surface area contributed by atoms with Crippen molar-refractivity contribution in [2.75, 3.05) is 13.7 Å². The molecular formula is C10H16N2O2. The van der Waals surface area contributed by atoms with E-state index in [1.54, 1.807) is 25.3 Å². The average molecular weight is 196 g/mol. The highest BCUT2D eigenvalue weighted by Gasteiger charge is 2.11. The van der Waals surface area contributed by atoms with Crippen LogP contribution in [0.15, 0.2) is 18.2 Å². The molecule has 0 amide bonds. The number of aromatic hydroxyl groups is 1. The van der Waals surface area contributed by atoms with E-state index in [0.717, 1.165) is 5.56 Å². The molecule has 14 heavy (non-hydrogen) atoms. The lowest BCUT2D eigenvalue weighted by Crippen LogP contribution is -2.16. The molecule has 0 aliphatic heterocycles. The summed E-state index contributed by atoms with van der Waals surface area (Å²) in [6.45, 7) is 0.533. The monoisotopic (exact) mass is 196 g/mol. The normalized spacial score (nSPS) is 12.5. The largest absolute Gasteiger partial charge is 0.508 e. The molecule has 0 fully saturated rings. The van der Waals surface area contributed by atoms with Gasteiger partial charge in [0.15, 0.2) is 0 Å². The van der Waals surface area contributed by atoms with E-state index in [0.29, 0.717) is 18.7 Å². The quantitative estimate of drug-likeness (QED) is 0.663. The summed E-state index contributed by atoms with van der Waals surface area (Å²) in [5.41, 5.74) is 12.2. The van der Waals surface area contributed by atoms with Gasteiger partial charge in [-0.2, -0.15) is 0 Å². The van der Waals surface area contributed by atoms with E-state index >= 15 is 0 Å². The first-order chi connectivity index (χ1) is 6.69. The number of methoxy groups -OCH3 is 1. The second-order valence-corrected chi connectivity index (χ2v) is 3.11. The molecule has 0 aliphatic carbocycles. The average Bonchev–Trinajstić information content (AvgIpc) is 2.17. The van der Waals surface area contributed by atoms with Crippen molar-refractivity contribution < 1.29 is 9.84 Å².